The van der Waals surface area contributed by atoms with E-state index in [1.54, 1.807) is 13.3 Å². The van der Waals surface area contributed by atoms with Crippen LogP contribution in [0.25, 0.3) is 5.69 Å². The average Bonchev–Trinajstić information content (AvgIpc) is 3.35. The molecule has 0 atom stereocenters. The third kappa shape index (κ3) is 4.83. The normalized spacial score (nSPS) is 10.7. The molecule has 0 aliphatic rings. The zero-order valence-electron chi connectivity index (χ0n) is 18.2. The summed E-state index contributed by atoms with van der Waals surface area (Å²) in [6.07, 6.45) is 1.60. The predicted molar refractivity (Wildman–Crippen MR) is 122 cm³/mol. The maximum Gasteiger partial charge on any atom is 0.348 e. The first kappa shape index (κ1) is 23.5. The van der Waals surface area contributed by atoms with Crippen molar-refractivity contribution in [3.63, 3.8) is 0 Å². The number of hydrogen-bond donors (Lipinski definition) is 1. The minimum absolute atomic E-state index is 0.0225. The van der Waals surface area contributed by atoms with Crippen molar-refractivity contribution in [2.75, 3.05) is 25.3 Å². The molecule has 0 spiro atoms. The van der Waals surface area contributed by atoms with Gasteiger partial charge in [0.05, 0.1) is 31.2 Å². The molecule has 2 aromatic heterocycles. The fourth-order valence-electron chi connectivity index (χ4n) is 3.09. The molecule has 168 valence electrons. The third-order valence-electron chi connectivity index (χ3n) is 4.62. The maximum absolute atomic E-state index is 12.6. The number of methoxy groups -OCH3 is 2. The lowest BCUT2D eigenvalue weighted by Crippen LogP contribution is -2.16. The SMILES string of the molecule is COC(=O)c1sc(NC(=O)CSc2nncn2-c2ccc(C)cc2C)c(C(=O)OC)c1C. The van der Waals surface area contributed by atoms with Crippen LogP contribution in [0.1, 0.15) is 36.7 Å². The number of aryl methyl sites for hydroxylation is 2. The minimum atomic E-state index is -0.647. The predicted octanol–water partition coefficient (Wildman–Crippen LogP) is 3.56. The molecule has 3 aromatic rings. The number of aromatic nitrogens is 3. The summed E-state index contributed by atoms with van der Waals surface area (Å²) in [5.74, 6) is -1.58. The quantitative estimate of drug-likeness (QED) is 0.409. The van der Waals surface area contributed by atoms with Crippen LogP contribution in [0.3, 0.4) is 0 Å². The van der Waals surface area contributed by atoms with Crippen LogP contribution in [0.5, 0.6) is 0 Å². The Morgan fingerprint density at radius 3 is 2.50 bits per heavy atom. The number of benzene rings is 1. The van der Waals surface area contributed by atoms with Crippen LogP contribution in [-0.2, 0) is 14.3 Å². The second-order valence-electron chi connectivity index (χ2n) is 6.85. The summed E-state index contributed by atoms with van der Waals surface area (Å²) >= 11 is 2.17. The summed E-state index contributed by atoms with van der Waals surface area (Å²) in [6.45, 7) is 5.62. The molecule has 32 heavy (non-hydrogen) atoms. The molecule has 0 saturated heterocycles. The van der Waals surface area contributed by atoms with E-state index in [1.165, 1.54) is 26.0 Å². The van der Waals surface area contributed by atoms with E-state index in [4.69, 9.17) is 9.47 Å². The molecule has 0 radical (unpaired) electrons. The van der Waals surface area contributed by atoms with Gasteiger partial charge in [-0.05, 0) is 38.0 Å². The van der Waals surface area contributed by atoms with Crippen molar-refractivity contribution >= 4 is 45.9 Å². The van der Waals surface area contributed by atoms with Gasteiger partial charge in [-0.2, -0.15) is 0 Å². The summed E-state index contributed by atoms with van der Waals surface area (Å²) in [4.78, 5) is 37.1. The Labute approximate surface area is 193 Å². The van der Waals surface area contributed by atoms with Crippen LogP contribution in [-0.4, -0.2) is 52.6 Å². The standard InChI is InChI=1S/C21H22N4O5S2/c1-11-6-7-14(12(2)8-11)25-10-22-24-21(25)31-9-15(26)23-18-16(19(27)29-4)13(3)17(32-18)20(28)30-5/h6-8,10H,9H2,1-5H3,(H,23,26). The van der Waals surface area contributed by atoms with Crippen molar-refractivity contribution in [1.29, 1.82) is 0 Å². The lowest BCUT2D eigenvalue weighted by Gasteiger charge is -2.10. The number of thiophene rings is 1. The van der Waals surface area contributed by atoms with E-state index in [0.29, 0.717) is 10.7 Å². The van der Waals surface area contributed by atoms with E-state index in [9.17, 15) is 14.4 Å². The molecule has 0 bridgehead atoms. The Hall–Kier alpha value is -3.18. The Morgan fingerprint density at radius 2 is 1.84 bits per heavy atom. The van der Waals surface area contributed by atoms with Gasteiger partial charge in [0.25, 0.3) is 0 Å². The van der Waals surface area contributed by atoms with Crippen LogP contribution < -0.4 is 5.32 Å². The zero-order chi connectivity index (χ0) is 23.4. The van der Waals surface area contributed by atoms with Crippen molar-refractivity contribution in [2.24, 2.45) is 0 Å². The summed E-state index contributed by atoms with van der Waals surface area (Å²) in [7, 11) is 2.48. The molecular weight excluding hydrogens is 452 g/mol. The maximum atomic E-state index is 12.6. The van der Waals surface area contributed by atoms with E-state index < -0.39 is 11.9 Å². The average molecular weight is 475 g/mol. The Morgan fingerprint density at radius 1 is 1.12 bits per heavy atom. The first-order valence-corrected chi connectivity index (χ1v) is 11.3. The van der Waals surface area contributed by atoms with Gasteiger partial charge in [-0.3, -0.25) is 9.36 Å². The summed E-state index contributed by atoms with van der Waals surface area (Å²) in [5.41, 5.74) is 3.66. The molecule has 0 fully saturated rings. The van der Waals surface area contributed by atoms with Gasteiger partial charge >= 0.3 is 11.9 Å². The van der Waals surface area contributed by atoms with Crippen molar-refractivity contribution in [3.8, 4) is 5.69 Å². The van der Waals surface area contributed by atoms with Gasteiger partial charge in [0.15, 0.2) is 5.16 Å². The number of rotatable bonds is 7. The van der Waals surface area contributed by atoms with Gasteiger partial charge in [-0.25, -0.2) is 9.59 Å². The van der Waals surface area contributed by atoms with E-state index in [2.05, 4.69) is 21.6 Å². The van der Waals surface area contributed by atoms with Crippen LogP contribution in [0.4, 0.5) is 5.00 Å². The number of ether oxygens (including phenoxy) is 2. The highest BCUT2D eigenvalue weighted by atomic mass is 32.2. The zero-order valence-corrected chi connectivity index (χ0v) is 19.8. The fraction of sp³-hybridized carbons (Fsp3) is 0.286. The van der Waals surface area contributed by atoms with Crippen LogP contribution in [0.2, 0.25) is 0 Å². The molecule has 0 aliphatic heterocycles. The molecule has 0 saturated carbocycles. The Kier molecular flexibility index (Phi) is 7.31. The number of nitrogens with one attached hydrogen (secondary N) is 1. The number of esters is 2. The number of carbonyl (C=O) groups is 3. The molecule has 3 rings (SSSR count). The summed E-state index contributed by atoms with van der Waals surface area (Å²) < 4.78 is 11.4. The monoisotopic (exact) mass is 474 g/mol. The van der Waals surface area contributed by atoms with Crippen LogP contribution in [0, 0.1) is 20.8 Å². The summed E-state index contributed by atoms with van der Waals surface area (Å²) in [5, 5.41) is 11.6. The van der Waals surface area contributed by atoms with Gasteiger partial charge in [-0.1, -0.05) is 29.5 Å². The molecule has 0 unspecified atom stereocenters. The van der Waals surface area contributed by atoms with Crippen LogP contribution in [0.15, 0.2) is 29.7 Å². The molecule has 9 nitrogen and oxygen atoms in total. The molecule has 1 N–H and O–H groups in total. The third-order valence-corrected chi connectivity index (χ3v) is 6.75. The van der Waals surface area contributed by atoms with Crippen molar-refractivity contribution in [1.82, 2.24) is 14.8 Å². The van der Waals surface area contributed by atoms with Crippen molar-refractivity contribution in [2.45, 2.75) is 25.9 Å². The van der Waals surface area contributed by atoms with E-state index in [-0.39, 0.29) is 27.1 Å². The first-order valence-electron chi connectivity index (χ1n) is 9.47. The van der Waals surface area contributed by atoms with Crippen LogP contribution >= 0.6 is 23.1 Å². The highest BCUT2D eigenvalue weighted by Gasteiger charge is 2.27. The lowest BCUT2D eigenvalue weighted by molar-refractivity contribution is -0.113. The number of carbonyl (C=O) groups excluding carboxylic acids is 3. The topological polar surface area (TPSA) is 112 Å². The molecule has 2 heterocycles. The Bertz CT molecular complexity index is 1190. The molecule has 1 amide bonds. The molecule has 0 aliphatic carbocycles. The molecular formula is C21H22N4O5S2. The Balaban J connectivity index is 1.77. The number of amides is 1. The highest BCUT2D eigenvalue weighted by molar-refractivity contribution is 7.99. The van der Waals surface area contributed by atoms with Crippen molar-refractivity contribution in [3.05, 3.63) is 51.7 Å². The smallest absolute Gasteiger partial charge is 0.348 e. The van der Waals surface area contributed by atoms with Gasteiger partial charge in [0.1, 0.15) is 16.2 Å². The number of hydrogen-bond acceptors (Lipinski definition) is 9. The fourth-order valence-corrected chi connectivity index (χ4v) is 4.94. The minimum Gasteiger partial charge on any atom is -0.465 e. The van der Waals surface area contributed by atoms with Gasteiger partial charge < -0.3 is 14.8 Å². The van der Waals surface area contributed by atoms with E-state index >= 15 is 0 Å². The number of nitrogens with zero attached hydrogens (tertiary/aromatic N) is 3. The lowest BCUT2D eigenvalue weighted by atomic mass is 10.1. The number of thioether (sulfide) groups is 1. The first-order chi connectivity index (χ1) is 15.3. The molecule has 1 aromatic carbocycles. The molecule has 11 heteroatoms. The van der Waals surface area contributed by atoms with Crippen molar-refractivity contribution < 1.29 is 23.9 Å². The number of anilines is 1. The van der Waals surface area contributed by atoms with Gasteiger partial charge in [0, 0.05) is 0 Å². The van der Waals surface area contributed by atoms with E-state index in [0.717, 1.165) is 28.2 Å². The summed E-state index contributed by atoms with van der Waals surface area (Å²) in [6, 6.07) is 6.03. The highest BCUT2D eigenvalue weighted by Crippen LogP contribution is 2.34. The van der Waals surface area contributed by atoms with Gasteiger partial charge in [-0.15, -0.1) is 21.5 Å². The largest absolute Gasteiger partial charge is 0.465 e. The second-order valence-corrected chi connectivity index (χ2v) is 8.82. The second kappa shape index (κ2) is 9.96. The van der Waals surface area contributed by atoms with E-state index in [1.807, 2.05) is 30.5 Å². The van der Waals surface area contributed by atoms with Gasteiger partial charge in [0.2, 0.25) is 5.91 Å².